The molecular weight excluding hydrogens is 521 g/mol. The van der Waals surface area contributed by atoms with Crippen LogP contribution in [0.5, 0.6) is 11.5 Å². The molecule has 0 radical (unpaired) electrons. The van der Waals surface area contributed by atoms with Crippen LogP contribution in [-0.4, -0.2) is 6.61 Å². The van der Waals surface area contributed by atoms with Crippen LogP contribution in [0.3, 0.4) is 0 Å². The molecule has 0 aliphatic carbocycles. The van der Waals surface area contributed by atoms with Crippen LogP contribution in [0.25, 0.3) is 11.6 Å². The van der Waals surface area contributed by atoms with Crippen molar-refractivity contribution in [1.82, 2.24) is 0 Å². The van der Waals surface area contributed by atoms with Crippen molar-refractivity contribution < 1.29 is 9.47 Å². The Bertz CT molecular complexity index is 1150. The minimum Gasteiger partial charge on any atom is -0.490 e. The standard InChI is InChI=1S/C24H17BrCl3NO2/c1-2-30-23-10-17(9-18(13-29)15-3-6-19(26)7-4-15)21(25)12-24(23)31-14-16-5-8-20(27)11-22(16)28/h3-12H,2,14H2,1H3/b18-9+. The summed E-state index contributed by atoms with van der Waals surface area (Å²) in [6.45, 7) is 2.61. The molecule has 0 atom stereocenters. The van der Waals surface area contributed by atoms with Gasteiger partial charge in [0.1, 0.15) is 6.61 Å². The number of halogens is 4. The van der Waals surface area contributed by atoms with E-state index in [1.165, 1.54) is 0 Å². The second kappa shape index (κ2) is 10.9. The number of nitriles is 1. The first-order valence-electron chi connectivity index (χ1n) is 9.32. The fraction of sp³-hybridized carbons (Fsp3) is 0.125. The number of hydrogen-bond acceptors (Lipinski definition) is 3. The Balaban J connectivity index is 1.92. The van der Waals surface area contributed by atoms with E-state index in [-0.39, 0.29) is 6.61 Å². The van der Waals surface area contributed by atoms with E-state index in [0.29, 0.717) is 38.7 Å². The summed E-state index contributed by atoms with van der Waals surface area (Å²) in [5.41, 5.74) is 2.87. The molecule has 0 saturated carbocycles. The Morgan fingerprint density at radius 3 is 2.29 bits per heavy atom. The molecule has 7 heteroatoms. The molecule has 0 saturated heterocycles. The van der Waals surface area contributed by atoms with Crippen LogP contribution in [0.15, 0.2) is 59.1 Å². The Kier molecular flexibility index (Phi) is 8.28. The Hall–Kier alpha value is -2.16. The quantitative estimate of drug-likeness (QED) is 0.224. The minimum atomic E-state index is 0.256. The third-order valence-corrected chi connectivity index (χ3v) is 5.86. The molecule has 0 aliphatic heterocycles. The summed E-state index contributed by atoms with van der Waals surface area (Å²) < 4.78 is 12.5. The lowest BCUT2D eigenvalue weighted by molar-refractivity contribution is 0.269. The maximum absolute atomic E-state index is 9.64. The molecule has 0 aliphatic rings. The van der Waals surface area contributed by atoms with Crippen LogP contribution in [-0.2, 0) is 6.61 Å². The average Bonchev–Trinajstić information content (AvgIpc) is 2.74. The summed E-state index contributed by atoms with van der Waals surface area (Å²) in [4.78, 5) is 0. The first kappa shape index (κ1) is 23.5. The Labute approximate surface area is 204 Å². The van der Waals surface area contributed by atoms with E-state index in [1.54, 1.807) is 30.3 Å². The van der Waals surface area contributed by atoms with E-state index in [1.807, 2.05) is 37.3 Å². The van der Waals surface area contributed by atoms with Crippen molar-refractivity contribution in [3.63, 3.8) is 0 Å². The highest BCUT2D eigenvalue weighted by Gasteiger charge is 2.13. The molecular formula is C24H17BrCl3NO2. The van der Waals surface area contributed by atoms with Crippen molar-refractivity contribution in [3.8, 4) is 17.6 Å². The zero-order valence-electron chi connectivity index (χ0n) is 16.5. The van der Waals surface area contributed by atoms with Gasteiger partial charge in [0.2, 0.25) is 0 Å². The predicted octanol–water partition coefficient (Wildman–Crippen LogP) is 8.45. The van der Waals surface area contributed by atoms with Crippen LogP contribution in [0, 0.1) is 11.3 Å². The third-order valence-electron chi connectivity index (χ3n) is 4.34. The van der Waals surface area contributed by atoms with Gasteiger partial charge in [0, 0.05) is 25.1 Å². The Morgan fingerprint density at radius 1 is 0.968 bits per heavy atom. The number of allylic oxidation sites excluding steroid dienone is 1. The molecule has 158 valence electrons. The molecule has 0 N–H and O–H groups in total. The summed E-state index contributed by atoms with van der Waals surface area (Å²) >= 11 is 21.7. The summed E-state index contributed by atoms with van der Waals surface area (Å²) in [6, 6.07) is 18.3. The largest absolute Gasteiger partial charge is 0.490 e. The molecule has 0 spiro atoms. The van der Waals surface area contributed by atoms with Gasteiger partial charge < -0.3 is 9.47 Å². The van der Waals surface area contributed by atoms with Gasteiger partial charge in [-0.3, -0.25) is 0 Å². The van der Waals surface area contributed by atoms with Crippen LogP contribution < -0.4 is 9.47 Å². The van der Waals surface area contributed by atoms with Crippen LogP contribution in [0.4, 0.5) is 0 Å². The normalized spacial score (nSPS) is 11.2. The second-order valence-corrected chi connectivity index (χ2v) is 8.59. The topological polar surface area (TPSA) is 42.2 Å². The van der Waals surface area contributed by atoms with E-state index in [2.05, 4.69) is 22.0 Å². The first-order valence-corrected chi connectivity index (χ1v) is 11.2. The van der Waals surface area contributed by atoms with Crippen molar-refractivity contribution in [2.75, 3.05) is 6.61 Å². The SMILES string of the molecule is CCOc1cc(/C=C(\C#N)c2ccc(Cl)cc2)c(Br)cc1OCc1ccc(Cl)cc1Cl. The van der Waals surface area contributed by atoms with Gasteiger partial charge in [0.15, 0.2) is 11.5 Å². The lowest BCUT2D eigenvalue weighted by Gasteiger charge is -2.15. The molecule has 0 amide bonds. The van der Waals surface area contributed by atoms with Gasteiger partial charge in [0.25, 0.3) is 0 Å². The number of nitrogens with zero attached hydrogens (tertiary/aromatic N) is 1. The lowest BCUT2D eigenvalue weighted by Crippen LogP contribution is -2.01. The summed E-state index contributed by atoms with van der Waals surface area (Å²) in [6.07, 6.45) is 1.79. The first-order chi connectivity index (χ1) is 14.9. The highest BCUT2D eigenvalue weighted by Crippen LogP contribution is 2.36. The zero-order chi connectivity index (χ0) is 22.4. The monoisotopic (exact) mass is 535 g/mol. The van der Waals surface area contributed by atoms with E-state index in [9.17, 15) is 5.26 Å². The lowest BCUT2D eigenvalue weighted by atomic mass is 10.0. The van der Waals surface area contributed by atoms with Crippen molar-refractivity contribution in [3.05, 3.63) is 90.8 Å². The van der Waals surface area contributed by atoms with E-state index in [0.717, 1.165) is 21.2 Å². The second-order valence-electron chi connectivity index (χ2n) is 6.45. The van der Waals surface area contributed by atoms with Gasteiger partial charge in [-0.25, -0.2) is 0 Å². The fourth-order valence-corrected chi connectivity index (χ4v) is 3.83. The molecule has 3 aromatic rings. The molecule has 3 rings (SSSR count). The molecule has 0 aromatic heterocycles. The van der Waals surface area contributed by atoms with Crippen LogP contribution >= 0.6 is 50.7 Å². The van der Waals surface area contributed by atoms with Crippen molar-refractivity contribution >= 4 is 62.4 Å². The van der Waals surface area contributed by atoms with Gasteiger partial charge >= 0.3 is 0 Å². The summed E-state index contributed by atoms with van der Waals surface area (Å²) in [7, 11) is 0. The number of ether oxygens (including phenoxy) is 2. The van der Waals surface area contributed by atoms with Crippen molar-refractivity contribution in [2.45, 2.75) is 13.5 Å². The molecule has 0 unspecified atom stereocenters. The molecule has 0 fully saturated rings. The predicted molar refractivity (Wildman–Crippen MR) is 131 cm³/mol. The fourth-order valence-electron chi connectivity index (χ4n) is 2.80. The molecule has 3 nitrogen and oxygen atoms in total. The summed E-state index contributed by atoms with van der Waals surface area (Å²) in [5, 5.41) is 11.4. The molecule has 31 heavy (non-hydrogen) atoms. The van der Waals surface area contributed by atoms with E-state index < -0.39 is 0 Å². The molecule has 0 bridgehead atoms. The van der Waals surface area contributed by atoms with Gasteiger partial charge in [0.05, 0.1) is 18.2 Å². The smallest absolute Gasteiger partial charge is 0.162 e. The van der Waals surface area contributed by atoms with Crippen molar-refractivity contribution in [1.29, 1.82) is 5.26 Å². The average molecular weight is 538 g/mol. The number of benzene rings is 3. The molecule has 3 aromatic carbocycles. The summed E-state index contributed by atoms with van der Waals surface area (Å²) in [5.74, 6) is 1.12. The van der Waals surface area contributed by atoms with Gasteiger partial charge in [-0.2, -0.15) is 5.26 Å². The van der Waals surface area contributed by atoms with E-state index in [4.69, 9.17) is 44.3 Å². The van der Waals surface area contributed by atoms with Gasteiger partial charge in [-0.1, -0.05) is 68.9 Å². The highest BCUT2D eigenvalue weighted by molar-refractivity contribution is 9.10. The van der Waals surface area contributed by atoms with E-state index >= 15 is 0 Å². The van der Waals surface area contributed by atoms with Gasteiger partial charge in [-0.15, -0.1) is 0 Å². The minimum absolute atomic E-state index is 0.256. The highest BCUT2D eigenvalue weighted by atomic mass is 79.9. The number of rotatable bonds is 7. The van der Waals surface area contributed by atoms with Crippen LogP contribution in [0.1, 0.15) is 23.6 Å². The Morgan fingerprint density at radius 2 is 1.65 bits per heavy atom. The maximum atomic E-state index is 9.64. The third kappa shape index (κ3) is 6.18. The van der Waals surface area contributed by atoms with Gasteiger partial charge in [-0.05, 0) is 60.5 Å². The number of hydrogen-bond donors (Lipinski definition) is 0. The zero-order valence-corrected chi connectivity index (χ0v) is 20.3. The molecule has 0 heterocycles. The van der Waals surface area contributed by atoms with Crippen molar-refractivity contribution in [2.24, 2.45) is 0 Å². The van der Waals surface area contributed by atoms with Crippen LogP contribution in [0.2, 0.25) is 15.1 Å². The maximum Gasteiger partial charge on any atom is 0.162 e.